The highest BCUT2D eigenvalue weighted by atomic mass is 28.4. The van der Waals surface area contributed by atoms with Gasteiger partial charge in [0.25, 0.3) is 0 Å². The summed E-state index contributed by atoms with van der Waals surface area (Å²) in [7, 11) is -6.80. The van der Waals surface area contributed by atoms with Gasteiger partial charge < -0.3 is 18.0 Å². The van der Waals surface area contributed by atoms with Gasteiger partial charge in [0.05, 0.1) is 24.9 Å². The Morgan fingerprint density at radius 3 is 1.60 bits per heavy atom. The highest BCUT2D eigenvalue weighted by Crippen LogP contribution is 2.43. The molecule has 0 aromatic rings. The van der Waals surface area contributed by atoms with Crippen molar-refractivity contribution in [2.75, 3.05) is 6.61 Å². The quantitative estimate of drug-likeness (QED) is 0.241. The van der Waals surface area contributed by atoms with Gasteiger partial charge in [0.2, 0.25) is 5.91 Å². The molecule has 1 rings (SSSR count). The molecule has 1 aliphatic rings. The van der Waals surface area contributed by atoms with Gasteiger partial charge in [0, 0.05) is 6.42 Å². The molecule has 10 heteroatoms. The van der Waals surface area contributed by atoms with Crippen molar-refractivity contribution in [2.24, 2.45) is 0 Å². The molecule has 1 aliphatic heterocycles. The summed E-state index contributed by atoms with van der Waals surface area (Å²) in [6.45, 7) is 39.2. The van der Waals surface area contributed by atoms with Gasteiger partial charge in [-0.05, 0) is 81.6 Å². The summed E-state index contributed by atoms with van der Waals surface area (Å²) in [5.41, 5.74) is -0.719. The minimum atomic E-state index is -2.36. The molecule has 0 unspecified atom stereocenters. The summed E-state index contributed by atoms with van der Waals surface area (Å²) >= 11 is 0. The molecule has 1 fully saturated rings. The van der Waals surface area contributed by atoms with Crippen LogP contribution in [-0.4, -0.2) is 72.3 Å². The fourth-order valence-electron chi connectivity index (χ4n) is 3.74. The molecule has 3 atom stereocenters. The van der Waals surface area contributed by atoms with Crippen LogP contribution >= 0.6 is 0 Å². The van der Waals surface area contributed by atoms with Crippen LogP contribution in [0.25, 0.3) is 0 Å². The van der Waals surface area contributed by atoms with E-state index in [0.29, 0.717) is 13.0 Å². The zero-order valence-corrected chi connectivity index (χ0v) is 32.3. The highest BCUT2D eigenvalue weighted by molar-refractivity contribution is 6.75. The second kappa shape index (κ2) is 12.2. The third-order valence-corrected chi connectivity index (χ3v) is 23.0. The lowest BCUT2D eigenvalue weighted by Crippen LogP contribution is -2.60. The number of nitrogens with zero attached hydrogens (tertiary/aromatic N) is 1. The molecule has 0 spiro atoms. The third-order valence-electron chi connectivity index (χ3n) is 9.49. The Hall–Kier alpha value is -0.529. The standard InChI is InChI=1S/C30H63NO6Si3/c1-27(2,3)35-26(33)31-22(19-20-24(31)32)25(37-40(17,18)30(10,11)12)23(36-39(15,16)29(7,8)9)21-34-38(13,14)28(4,5)6/h22-23,25H,19-21H2,1-18H3/t22-,23-,25+/m1/s1. The Bertz CT molecular complexity index is 891. The molecular formula is C30H63NO6Si3. The van der Waals surface area contributed by atoms with Gasteiger partial charge in [-0.2, -0.15) is 0 Å². The molecule has 0 bridgehead atoms. The summed E-state index contributed by atoms with van der Waals surface area (Å²) in [5.74, 6) is -0.223. The van der Waals surface area contributed by atoms with Crippen molar-refractivity contribution in [1.29, 1.82) is 0 Å². The molecule has 0 N–H and O–H groups in total. The van der Waals surface area contributed by atoms with Crippen molar-refractivity contribution in [3.05, 3.63) is 0 Å². The van der Waals surface area contributed by atoms with Gasteiger partial charge in [0.15, 0.2) is 25.0 Å². The Labute approximate surface area is 249 Å². The molecule has 0 aliphatic carbocycles. The van der Waals surface area contributed by atoms with Gasteiger partial charge >= 0.3 is 6.09 Å². The Morgan fingerprint density at radius 2 is 1.20 bits per heavy atom. The molecule has 2 amide bonds. The summed E-state index contributed by atoms with van der Waals surface area (Å²) in [5, 5.41) is -0.0945. The number of hydrogen-bond acceptors (Lipinski definition) is 6. The number of carbonyl (C=O) groups is 2. The minimum absolute atomic E-state index is 0.0240. The number of likely N-dealkylation sites (tertiary alicyclic amines) is 1. The van der Waals surface area contributed by atoms with Crippen molar-refractivity contribution in [3.63, 3.8) is 0 Å². The number of ether oxygens (including phenoxy) is 1. The average molecular weight is 618 g/mol. The fourth-order valence-corrected chi connectivity index (χ4v) is 7.41. The van der Waals surface area contributed by atoms with Crippen molar-refractivity contribution in [2.45, 2.75) is 174 Å². The first-order chi connectivity index (χ1) is 17.4. The molecule has 40 heavy (non-hydrogen) atoms. The first-order valence-corrected chi connectivity index (χ1v) is 23.7. The molecule has 0 saturated carbocycles. The fraction of sp³-hybridized carbons (Fsp3) is 0.933. The van der Waals surface area contributed by atoms with E-state index in [1.54, 1.807) is 0 Å². The van der Waals surface area contributed by atoms with Crippen LogP contribution in [0.15, 0.2) is 0 Å². The number of rotatable bonds is 9. The van der Waals surface area contributed by atoms with Gasteiger partial charge in [-0.1, -0.05) is 62.3 Å². The topological polar surface area (TPSA) is 74.3 Å². The summed E-state index contributed by atoms with van der Waals surface area (Å²) < 4.78 is 26.9. The number of amides is 2. The maximum atomic E-state index is 13.4. The van der Waals surface area contributed by atoms with E-state index in [0.717, 1.165) is 0 Å². The Morgan fingerprint density at radius 1 is 0.775 bits per heavy atom. The van der Waals surface area contributed by atoms with Crippen molar-refractivity contribution < 1.29 is 27.6 Å². The van der Waals surface area contributed by atoms with Crippen LogP contribution in [0.4, 0.5) is 4.79 Å². The average Bonchev–Trinajstić information content (AvgIpc) is 3.06. The van der Waals surface area contributed by atoms with Gasteiger partial charge in [-0.15, -0.1) is 0 Å². The third kappa shape index (κ3) is 9.49. The highest BCUT2D eigenvalue weighted by Gasteiger charge is 2.52. The van der Waals surface area contributed by atoms with Crippen LogP contribution in [0.5, 0.6) is 0 Å². The van der Waals surface area contributed by atoms with Crippen LogP contribution in [0.3, 0.4) is 0 Å². The van der Waals surface area contributed by atoms with E-state index in [1.165, 1.54) is 4.90 Å². The summed E-state index contributed by atoms with van der Waals surface area (Å²) in [6.07, 6.45) is -0.796. The van der Waals surface area contributed by atoms with Gasteiger partial charge in [-0.25, -0.2) is 9.69 Å². The van der Waals surface area contributed by atoms with Gasteiger partial charge in [-0.3, -0.25) is 4.79 Å². The number of imide groups is 1. The summed E-state index contributed by atoms with van der Waals surface area (Å²) in [4.78, 5) is 28.0. The van der Waals surface area contributed by atoms with E-state index < -0.39 is 54.9 Å². The lowest BCUT2D eigenvalue weighted by Gasteiger charge is -2.48. The maximum Gasteiger partial charge on any atom is 0.417 e. The van der Waals surface area contributed by atoms with Crippen LogP contribution < -0.4 is 0 Å². The first-order valence-electron chi connectivity index (χ1n) is 15.0. The monoisotopic (exact) mass is 617 g/mol. The lowest BCUT2D eigenvalue weighted by molar-refractivity contribution is -0.130. The van der Waals surface area contributed by atoms with Crippen molar-refractivity contribution >= 4 is 37.0 Å². The van der Waals surface area contributed by atoms with Crippen LogP contribution in [-0.2, 0) is 22.8 Å². The molecule has 1 heterocycles. The number of carbonyl (C=O) groups excluding carboxylic acids is 2. The Balaban J connectivity index is 3.75. The van der Waals surface area contributed by atoms with E-state index in [1.807, 2.05) is 20.8 Å². The molecule has 236 valence electrons. The predicted octanol–water partition coefficient (Wildman–Crippen LogP) is 8.72. The molecule has 0 aromatic heterocycles. The van der Waals surface area contributed by atoms with Crippen LogP contribution in [0, 0.1) is 0 Å². The predicted molar refractivity (Wildman–Crippen MR) is 173 cm³/mol. The first kappa shape index (κ1) is 37.5. The SMILES string of the molecule is CC(C)(C)OC(=O)N1C(=O)CC[C@@H]1[C@H](O[Si](C)(C)C(C)(C)C)[C@@H](CO[Si](C)(C)C(C)(C)C)O[Si](C)(C)C(C)(C)C. The minimum Gasteiger partial charge on any atom is -0.443 e. The second-order valence-electron chi connectivity index (χ2n) is 17.2. The largest absolute Gasteiger partial charge is 0.443 e. The molecule has 0 aromatic carbocycles. The van der Waals surface area contributed by atoms with Gasteiger partial charge in [0.1, 0.15) is 5.60 Å². The van der Waals surface area contributed by atoms with E-state index in [4.69, 9.17) is 18.0 Å². The Kier molecular flexibility index (Phi) is 11.5. The van der Waals surface area contributed by atoms with Crippen molar-refractivity contribution in [3.8, 4) is 0 Å². The molecular weight excluding hydrogens is 555 g/mol. The van der Waals surface area contributed by atoms with E-state index in [2.05, 4.69) is 102 Å². The summed E-state index contributed by atoms with van der Waals surface area (Å²) in [6, 6.07) is -0.491. The van der Waals surface area contributed by atoms with E-state index in [-0.39, 0.29) is 27.4 Å². The lowest BCUT2D eigenvalue weighted by atomic mass is 10.0. The smallest absolute Gasteiger partial charge is 0.417 e. The van der Waals surface area contributed by atoms with Crippen molar-refractivity contribution in [1.82, 2.24) is 4.90 Å². The number of hydrogen-bond donors (Lipinski definition) is 0. The molecule has 1 saturated heterocycles. The van der Waals surface area contributed by atoms with E-state index >= 15 is 0 Å². The second-order valence-corrected chi connectivity index (χ2v) is 31.5. The zero-order chi connectivity index (χ0) is 31.9. The molecule has 0 radical (unpaired) electrons. The normalized spacial score (nSPS) is 20.1. The molecule has 7 nitrogen and oxygen atoms in total. The van der Waals surface area contributed by atoms with E-state index in [9.17, 15) is 9.59 Å². The van der Waals surface area contributed by atoms with Crippen LogP contribution in [0.2, 0.25) is 54.4 Å². The zero-order valence-electron chi connectivity index (χ0n) is 29.3. The maximum absolute atomic E-state index is 13.4. The van der Waals surface area contributed by atoms with Crippen LogP contribution in [0.1, 0.15) is 95.9 Å².